The summed E-state index contributed by atoms with van der Waals surface area (Å²) in [5.74, 6) is 0.179. The largest absolute Gasteiger partial charge is 0.496 e. The zero-order valence-electron chi connectivity index (χ0n) is 17.4. The van der Waals surface area contributed by atoms with Crippen LogP contribution in [-0.4, -0.2) is 22.2 Å². The van der Waals surface area contributed by atoms with Crippen molar-refractivity contribution >= 4 is 44.7 Å². The highest BCUT2D eigenvalue weighted by molar-refractivity contribution is 7.17. The van der Waals surface area contributed by atoms with Crippen LogP contribution in [0, 0.1) is 6.92 Å². The number of hydrogen-bond donors (Lipinski definition) is 1. The number of rotatable bonds is 6. The summed E-state index contributed by atoms with van der Waals surface area (Å²) in [5, 5.41) is 5.02. The van der Waals surface area contributed by atoms with E-state index in [-0.39, 0.29) is 13.1 Å². The summed E-state index contributed by atoms with van der Waals surface area (Å²) in [6.45, 7) is 1.64. The van der Waals surface area contributed by atoms with Crippen molar-refractivity contribution in [1.29, 1.82) is 0 Å². The van der Waals surface area contributed by atoms with Crippen LogP contribution >= 0.6 is 22.9 Å². The number of halogens is 1. The van der Waals surface area contributed by atoms with Gasteiger partial charge in [-0.05, 0) is 42.1 Å². The molecule has 2 aromatic heterocycles. The van der Waals surface area contributed by atoms with E-state index in [1.807, 2.05) is 19.1 Å². The molecular weight excluding hydrogens is 450 g/mol. The molecule has 2 aromatic carbocycles. The Bertz CT molecular complexity index is 1440. The standard InChI is InChI=1S/C23H20ClN3O4S/c1-14-7-8-16(24)11-17(14)25-20(28)13-26-18-9-10-32-21(18)22(29)27(23(26)30)12-15-5-3-4-6-19(15)31-2/h3-11H,12-13H2,1-2H3,(H,25,28). The lowest BCUT2D eigenvalue weighted by molar-refractivity contribution is -0.116. The van der Waals surface area contributed by atoms with Crippen molar-refractivity contribution in [2.75, 3.05) is 12.4 Å². The first-order valence-corrected chi connectivity index (χ1v) is 11.0. The van der Waals surface area contributed by atoms with Crippen LogP contribution in [0.5, 0.6) is 5.75 Å². The Hall–Kier alpha value is -3.36. The Balaban J connectivity index is 1.74. The van der Waals surface area contributed by atoms with Gasteiger partial charge in [-0.3, -0.25) is 18.7 Å². The van der Waals surface area contributed by atoms with E-state index in [0.29, 0.717) is 32.2 Å². The summed E-state index contributed by atoms with van der Waals surface area (Å²) in [6, 6.07) is 14.0. The molecule has 1 amide bonds. The fourth-order valence-electron chi connectivity index (χ4n) is 3.49. The number of carbonyl (C=O) groups excluding carboxylic acids is 1. The molecule has 2 heterocycles. The normalized spacial score (nSPS) is 11.0. The topological polar surface area (TPSA) is 82.3 Å². The SMILES string of the molecule is COc1ccccc1Cn1c(=O)c2sccc2n(CC(=O)Nc2cc(Cl)ccc2C)c1=O. The minimum absolute atomic E-state index is 0.0323. The molecule has 0 radical (unpaired) electrons. The lowest BCUT2D eigenvalue weighted by Gasteiger charge is -2.14. The molecule has 4 aromatic rings. The Morgan fingerprint density at radius 1 is 1.12 bits per heavy atom. The third-order valence-corrected chi connectivity index (χ3v) is 6.26. The predicted molar refractivity (Wildman–Crippen MR) is 127 cm³/mol. The van der Waals surface area contributed by atoms with Crippen molar-refractivity contribution in [2.24, 2.45) is 0 Å². The maximum Gasteiger partial charge on any atom is 0.332 e. The van der Waals surface area contributed by atoms with Gasteiger partial charge in [-0.2, -0.15) is 0 Å². The molecule has 1 N–H and O–H groups in total. The number of thiophene rings is 1. The highest BCUT2D eigenvalue weighted by atomic mass is 35.5. The van der Waals surface area contributed by atoms with Crippen LogP contribution in [0.2, 0.25) is 5.02 Å². The number of anilines is 1. The average Bonchev–Trinajstić information content (AvgIpc) is 3.27. The van der Waals surface area contributed by atoms with Crippen LogP contribution in [0.1, 0.15) is 11.1 Å². The minimum atomic E-state index is -0.565. The summed E-state index contributed by atoms with van der Waals surface area (Å²) in [7, 11) is 1.53. The molecule has 0 saturated carbocycles. The van der Waals surface area contributed by atoms with Crippen LogP contribution in [0.3, 0.4) is 0 Å². The number of hydrogen-bond acceptors (Lipinski definition) is 5. The van der Waals surface area contributed by atoms with Gasteiger partial charge < -0.3 is 10.1 Å². The highest BCUT2D eigenvalue weighted by Gasteiger charge is 2.18. The molecule has 7 nitrogen and oxygen atoms in total. The first-order valence-electron chi connectivity index (χ1n) is 9.77. The summed E-state index contributed by atoms with van der Waals surface area (Å²) in [6.07, 6.45) is 0. The van der Waals surface area contributed by atoms with E-state index in [4.69, 9.17) is 16.3 Å². The monoisotopic (exact) mass is 469 g/mol. The molecule has 0 unspecified atom stereocenters. The van der Waals surface area contributed by atoms with E-state index in [2.05, 4.69) is 5.32 Å². The number of fused-ring (bicyclic) bond motifs is 1. The number of aromatic nitrogens is 2. The van der Waals surface area contributed by atoms with E-state index in [1.165, 1.54) is 23.0 Å². The van der Waals surface area contributed by atoms with E-state index in [0.717, 1.165) is 10.1 Å². The van der Waals surface area contributed by atoms with Crippen molar-refractivity contribution in [3.05, 3.63) is 90.9 Å². The Labute approximate surface area is 192 Å². The van der Waals surface area contributed by atoms with Gasteiger partial charge in [0, 0.05) is 16.3 Å². The van der Waals surface area contributed by atoms with Crippen LogP contribution in [0.15, 0.2) is 63.5 Å². The number of carbonyl (C=O) groups is 1. The lowest BCUT2D eigenvalue weighted by atomic mass is 10.2. The number of benzene rings is 2. The molecule has 32 heavy (non-hydrogen) atoms. The van der Waals surface area contributed by atoms with Gasteiger partial charge in [0.15, 0.2) is 0 Å². The maximum atomic E-state index is 13.3. The molecule has 0 fully saturated rings. The quantitative estimate of drug-likeness (QED) is 0.464. The first-order chi connectivity index (χ1) is 15.4. The number of para-hydroxylation sites is 1. The van der Waals surface area contributed by atoms with Gasteiger partial charge in [-0.25, -0.2) is 4.79 Å². The molecule has 0 aliphatic rings. The van der Waals surface area contributed by atoms with Gasteiger partial charge in [0.05, 0.1) is 19.2 Å². The van der Waals surface area contributed by atoms with Gasteiger partial charge in [-0.15, -0.1) is 11.3 Å². The molecule has 0 saturated heterocycles. The van der Waals surface area contributed by atoms with E-state index >= 15 is 0 Å². The number of aryl methyl sites for hydroxylation is 1. The van der Waals surface area contributed by atoms with E-state index in [1.54, 1.807) is 41.8 Å². The van der Waals surface area contributed by atoms with Crippen LogP contribution in [-0.2, 0) is 17.9 Å². The smallest absolute Gasteiger partial charge is 0.332 e. The van der Waals surface area contributed by atoms with Crippen molar-refractivity contribution in [2.45, 2.75) is 20.0 Å². The summed E-state index contributed by atoms with van der Waals surface area (Å²) >= 11 is 7.27. The van der Waals surface area contributed by atoms with Crippen LogP contribution in [0.4, 0.5) is 5.69 Å². The number of nitrogens with zero attached hydrogens (tertiary/aromatic N) is 2. The van der Waals surface area contributed by atoms with Crippen molar-refractivity contribution in [1.82, 2.24) is 9.13 Å². The van der Waals surface area contributed by atoms with Crippen molar-refractivity contribution in [3.63, 3.8) is 0 Å². The van der Waals surface area contributed by atoms with Gasteiger partial charge in [0.1, 0.15) is 17.0 Å². The number of nitrogens with one attached hydrogen (secondary N) is 1. The van der Waals surface area contributed by atoms with Crippen molar-refractivity contribution in [3.8, 4) is 5.75 Å². The Kier molecular flexibility index (Phi) is 6.16. The second-order valence-electron chi connectivity index (χ2n) is 7.21. The zero-order valence-corrected chi connectivity index (χ0v) is 19.0. The molecule has 0 atom stereocenters. The maximum absolute atomic E-state index is 13.3. The third-order valence-electron chi connectivity index (χ3n) is 5.13. The second kappa shape index (κ2) is 9.02. The number of amides is 1. The molecule has 9 heteroatoms. The first kappa shape index (κ1) is 21.9. The molecule has 0 spiro atoms. The average molecular weight is 470 g/mol. The fourth-order valence-corrected chi connectivity index (χ4v) is 4.51. The van der Waals surface area contributed by atoms with Crippen LogP contribution in [0.25, 0.3) is 10.2 Å². The zero-order chi connectivity index (χ0) is 22.8. The van der Waals surface area contributed by atoms with Gasteiger partial charge >= 0.3 is 5.69 Å². The van der Waals surface area contributed by atoms with E-state index < -0.39 is 17.2 Å². The molecular formula is C23H20ClN3O4S. The molecule has 0 bridgehead atoms. The minimum Gasteiger partial charge on any atom is -0.496 e. The number of ether oxygens (including phenoxy) is 1. The Morgan fingerprint density at radius 3 is 2.69 bits per heavy atom. The highest BCUT2D eigenvalue weighted by Crippen LogP contribution is 2.21. The summed E-state index contributed by atoms with van der Waals surface area (Å²) in [4.78, 5) is 39.1. The van der Waals surface area contributed by atoms with Gasteiger partial charge in [0.25, 0.3) is 5.56 Å². The number of methoxy groups -OCH3 is 1. The molecule has 0 aliphatic carbocycles. The van der Waals surface area contributed by atoms with Gasteiger partial charge in [-0.1, -0.05) is 35.9 Å². The Morgan fingerprint density at radius 2 is 1.91 bits per heavy atom. The fraction of sp³-hybridized carbons (Fsp3) is 0.174. The molecule has 164 valence electrons. The molecule has 4 rings (SSSR count). The summed E-state index contributed by atoms with van der Waals surface area (Å²) in [5.41, 5.74) is 1.57. The van der Waals surface area contributed by atoms with Crippen LogP contribution < -0.4 is 21.3 Å². The van der Waals surface area contributed by atoms with Crippen molar-refractivity contribution < 1.29 is 9.53 Å². The van der Waals surface area contributed by atoms with E-state index in [9.17, 15) is 14.4 Å². The lowest BCUT2D eigenvalue weighted by Crippen LogP contribution is -2.41. The second-order valence-corrected chi connectivity index (χ2v) is 8.57. The predicted octanol–water partition coefficient (Wildman–Crippen LogP) is 3.88. The molecule has 0 aliphatic heterocycles. The summed E-state index contributed by atoms with van der Waals surface area (Å²) < 4.78 is 8.21. The third kappa shape index (κ3) is 4.19. The van der Waals surface area contributed by atoms with Gasteiger partial charge in [0.2, 0.25) is 5.91 Å².